The van der Waals surface area contributed by atoms with E-state index >= 15 is 0 Å². The number of rotatable bonds is 4. The van der Waals surface area contributed by atoms with Crippen molar-refractivity contribution in [2.75, 3.05) is 5.73 Å². The van der Waals surface area contributed by atoms with Gasteiger partial charge in [-0.3, -0.25) is 0 Å². The molecule has 0 saturated carbocycles. The predicted octanol–water partition coefficient (Wildman–Crippen LogP) is 4.72. The van der Waals surface area contributed by atoms with Crippen LogP contribution < -0.4 is 5.73 Å². The van der Waals surface area contributed by atoms with Crippen molar-refractivity contribution in [2.45, 2.75) is 26.7 Å². The molecule has 3 rings (SSSR count). The Kier molecular flexibility index (Phi) is 4.20. The van der Waals surface area contributed by atoms with Crippen LogP contribution in [0.4, 0.5) is 5.82 Å². The highest BCUT2D eigenvalue weighted by Gasteiger charge is 2.15. The number of aromatic nitrogens is 2. The van der Waals surface area contributed by atoms with Crippen molar-refractivity contribution in [1.82, 2.24) is 9.97 Å². The predicted molar refractivity (Wildman–Crippen MR) is 93.9 cm³/mol. The summed E-state index contributed by atoms with van der Waals surface area (Å²) in [5, 5.41) is 1.17. The minimum atomic E-state index is 0.540. The fourth-order valence-corrected chi connectivity index (χ4v) is 3.64. The lowest BCUT2D eigenvalue weighted by molar-refractivity contribution is 0.910. The number of thiazole rings is 1. The summed E-state index contributed by atoms with van der Waals surface area (Å²) in [5.74, 6) is 0.540. The molecule has 3 aromatic rings. The molecule has 3 nitrogen and oxygen atoms in total. The number of pyridine rings is 1. The molecule has 0 bridgehead atoms. The lowest BCUT2D eigenvalue weighted by Crippen LogP contribution is -1.89. The van der Waals surface area contributed by atoms with Gasteiger partial charge >= 0.3 is 0 Å². The van der Waals surface area contributed by atoms with E-state index in [1.165, 1.54) is 15.4 Å². The summed E-state index contributed by atoms with van der Waals surface area (Å²) in [7, 11) is 0. The minimum absolute atomic E-state index is 0.540. The average Bonchev–Trinajstić information content (AvgIpc) is 2.92. The number of nitrogens with zero attached hydrogens (tertiary/aromatic N) is 2. The molecule has 0 aliphatic carbocycles. The Morgan fingerprint density at radius 3 is 2.73 bits per heavy atom. The van der Waals surface area contributed by atoms with Crippen LogP contribution in [0, 0.1) is 6.92 Å². The van der Waals surface area contributed by atoms with E-state index in [-0.39, 0.29) is 0 Å². The Bertz CT molecular complexity index is 730. The van der Waals surface area contributed by atoms with Gasteiger partial charge < -0.3 is 5.73 Å². The molecule has 0 aliphatic rings. The molecule has 2 N–H and O–H groups in total. The van der Waals surface area contributed by atoms with E-state index in [9.17, 15) is 0 Å². The normalized spacial score (nSPS) is 10.8. The molecule has 0 radical (unpaired) electrons. The van der Waals surface area contributed by atoms with Crippen molar-refractivity contribution in [1.29, 1.82) is 0 Å². The zero-order valence-corrected chi connectivity index (χ0v) is 13.7. The van der Waals surface area contributed by atoms with Gasteiger partial charge in [0.1, 0.15) is 5.82 Å². The first-order chi connectivity index (χ1) is 10.7. The molecular weight excluding hydrogens is 290 g/mol. The summed E-state index contributed by atoms with van der Waals surface area (Å²) in [6.45, 7) is 4.28. The van der Waals surface area contributed by atoms with Crippen LogP contribution in [0.1, 0.15) is 23.9 Å². The van der Waals surface area contributed by atoms with Crippen LogP contribution in [-0.4, -0.2) is 9.97 Å². The maximum atomic E-state index is 5.85. The third-order valence-corrected chi connectivity index (χ3v) is 4.63. The second-order valence-corrected chi connectivity index (χ2v) is 6.46. The molecule has 0 amide bonds. The summed E-state index contributed by atoms with van der Waals surface area (Å²) < 4.78 is 0. The van der Waals surface area contributed by atoms with E-state index in [4.69, 9.17) is 10.7 Å². The first kappa shape index (κ1) is 14.7. The van der Waals surface area contributed by atoms with E-state index < -0.39 is 0 Å². The largest absolute Gasteiger partial charge is 0.384 e. The van der Waals surface area contributed by atoms with Crippen LogP contribution in [0.3, 0.4) is 0 Å². The van der Waals surface area contributed by atoms with Gasteiger partial charge in [0.05, 0.1) is 15.6 Å². The topological polar surface area (TPSA) is 51.8 Å². The second kappa shape index (κ2) is 6.28. The van der Waals surface area contributed by atoms with E-state index in [0.717, 1.165) is 29.7 Å². The van der Waals surface area contributed by atoms with Gasteiger partial charge in [-0.2, -0.15) is 0 Å². The lowest BCUT2D eigenvalue weighted by Gasteiger charge is -2.04. The second-order valence-electron chi connectivity index (χ2n) is 5.37. The van der Waals surface area contributed by atoms with Gasteiger partial charge in [-0.05, 0) is 43.5 Å². The number of benzene rings is 1. The Morgan fingerprint density at radius 1 is 1.14 bits per heavy atom. The minimum Gasteiger partial charge on any atom is -0.384 e. The molecule has 0 atom stereocenters. The molecule has 0 spiro atoms. The standard InChI is InChI=1S/C18H19N3S/c1-3-5-16-21-17(13-7-4-6-12(2)10-13)18(22-16)14-8-9-20-15(19)11-14/h4,6-11H,3,5H2,1-2H3,(H2,19,20). The van der Waals surface area contributed by atoms with Crippen molar-refractivity contribution >= 4 is 17.2 Å². The molecule has 2 aromatic heterocycles. The zero-order chi connectivity index (χ0) is 15.5. The number of nitrogen functional groups attached to an aromatic ring is 1. The van der Waals surface area contributed by atoms with E-state index in [0.29, 0.717) is 5.82 Å². The van der Waals surface area contributed by atoms with Gasteiger partial charge in [0.25, 0.3) is 0 Å². The van der Waals surface area contributed by atoms with Crippen LogP contribution in [0.25, 0.3) is 21.7 Å². The number of anilines is 1. The Labute approximate surface area is 134 Å². The molecule has 1 aromatic carbocycles. The van der Waals surface area contributed by atoms with Gasteiger partial charge in [0, 0.05) is 11.8 Å². The molecule has 112 valence electrons. The van der Waals surface area contributed by atoms with Crippen LogP contribution in [-0.2, 0) is 6.42 Å². The molecule has 4 heteroatoms. The first-order valence-corrected chi connectivity index (χ1v) is 8.27. The summed E-state index contributed by atoms with van der Waals surface area (Å²) in [4.78, 5) is 10.1. The summed E-state index contributed by atoms with van der Waals surface area (Å²) >= 11 is 1.75. The Balaban J connectivity index is 2.16. The third kappa shape index (κ3) is 3.02. The van der Waals surface area contributed by atoms with Crippen molar-refractivity contribution in [3.05, 3.63) is 53.2 Å². The molecule has 0 fully saturated rings. The summed E-state index contributed by atoms with van der Waals surface area (Å²) in [6, 6.07) is 12.4. The maximum Gasteiger partial charge on any atom is 0.123 e. The quantitative estimate of drug-likeness (QED) is 0.759. The molecule has 0 saturated heterocycles. The number of nitrogens with two attached hydrogens (primary N) is 1. The SMILES string of the molecule is CCCc1nc(-c2cccc(C)c2)c(-c2ccnc(N)c2)s1. The fourth-order valence-electron chi connectivity index (χ4n) is 2.46. The van der Waals surface area contributed by atoms with Crippen LogP contribution >= 0.6 is 11.3 Å². The molecule has 2 heterocycles. The Morgan fingerprint density at radius 2 is 2.00 bits per heavy atom. The maximum absolute atomic E-state index is 5.85. The van der Waals surface area contributed by atoms with Gasteiger partial charge in [-0.1, -0.05) is 30.7 Å². The van der Waals surface area contributed by atoms with Gasteiger partial charge in [-0.25, -0.2) is 9.97 Å². The highest BCUT2D eigenvalue weighted by molar-refractivity contribution is 7.15. The average molecular weight is 309 g/mol. The number of hydrogen-bond donors (Lipinski definition) is 1. The molecule has 0 unspecified atom stereocenters. The molecular formula is C18H19N3S. The van der Waals surface area contributed by atoms with Crippen LogP contribution in [0.15, 0.2) is 42.6 Å². The summed E-state index contributed by atoms with van der Waals surface area (Å²) in [5.41, 5.74) is 10.4. The van der Waals surface area contributed by atoms with Crippen molar-refractivity contribution in [3.8, 4) is 21.7 Å². The highest BCUT2D eigenvalue weighted by atomic mass is 32.1. The zero-order valence-electron chi connectivity index (χ0n) is 12.8. The molecule has 0 aliphatic heterocycles. The fraction of sp³-hybridized carbons (Fsp3) is 0.222. The monoisotopic (exact) mass is 309 g/mol. The van der Waals surface area contributed by atoms with E-state index in [1.807, 2.05) is 12.1 Å². The van der Waals surface area contributed by atoms with Gasteiger partial charge in [0.15, 0.2) is 0 Å². The molecule has 22 heavy (non-hydrogen) atoms. The van der Waals surface area contributed by atoms with Gasteiger partial charge in [-0.15, -0.1) is 11.3 Å². The van der Waals surface area contributed by atoms with Crippen molar-refractivity contribution < 1.29 is 0 Å². The van der Waals surface area contributed by atoms with Gasteiger partial charge in [0.2, 0.25) is 0 Å². The smallest absolute Gasteiger partial charge is 0.123 e. The van der Waals surface area contributed by atoms with Crippen molar-refractivity contribution in [3.63, 3.8) is 0 Å². The first-order valence-electron chi connectivity index (χ1n) is 7.46. The van der Waals surface area contributed by atoms with E-state index in [1.54, 1.807) is 17.5 Å². The van der Waals surface area contributed by atoms with Crippen LogP contribution in [0.5, 0.6) is 0 Å². The number of hydrogen-bond acceptors (Lipinski definition) is 4. The third-order valence-electron chi connectivity index (χ3n) is 3.47. The summed E-state index contributed by atoms with van der Waals surface area (Å²) in [6.07, 6.45) is 3.85. The van der Waals surface area contributed by atoms with Crippen LogP contribution in [0.2, 0.25) is 0 Å². The highest BCUT2D eigenvalue weighted by Crippen LogP contribution is 2.37. The van der Waals surface area contributed by atoms with E-state index in [2.05, 4.69) is 43.1 Å². The Hall–Kier alpha value is -2.20. The van der Waals surface area contributed by atoms with Crippen molar-refractivity contribution in [2.24, 2.45) is 0 Å². The lowest BCUT2D eigenvalue weighted by atomic mass is 10.1. The number of aryl methyl sites for hydroxylation is 2.